The van der Waals surface area contributed by atoms with E-state index in [1.165, 1.54) is 4.57 Å². The first-order chi connectivity index (χ1) is 15.5. The van der Waals surface area contributed by atoms with Crippen LogP contribution in [0.3, 0.4) is 0 Å². The van der Waals surface area contributed by atoms with Crippen LogP contribution in [0.2, 0.25) is 0 Å². The summed E-state index contributed by atoms with van der Waals surface area (Å²) in [5.74, 6) is 1.67. The molecule has 0 bridgehead atoms. The highest BCUT2D eigenvalue weighted by Crippen LogP contribution is 2.32. The fourth-order valence-corrected chi connectivity index (χ4v) is 4.33. The van der Waals surface area contributed by atoms with Crippen molar-refractivity contribution >= 4 is 22.9 Å². The number of nitrogens with one attached hydrogen (secondary N) is 2. The number of likely N-dealkylation sites (tertiary alicyclic amines) is 1. The Labute approximate surface area is 184 Å². The van der Waals surface area contributed by atoms with Gasteiger partial charge in [0.15, 0.2) is 5.65 Å². The van der Waals surface area contributed by atoms with Crippen molar-refractivity contribution in [1.82, 2.24) is 29.0 Å². The number of amides is 1. The second kappa shape index (κ2) is 7.92. The van der Waals surface area contributed by atoms with Crippen molar-refractivity contribution in [2.24, 2.45) is 5.92 Å². The van der Waals surface area contributed by atoms with Crippen molar-refractivity contribution in [1.29, 1.82) is 0 Å². The maximum Gasteiger partial charge on any atom is 0.333 e. The molecule has 4 heterocycles. The molecule has 2 N–H and O–H groups in total. The van der Waals surface area contributed by atoms with Gasteiger partial charge in [0.25, 0.3) is 5.56 Å². The number of aromatic nitrogens is 5. The van der Waals surface area contributed by atoms with Gasteiger partial charge in [0.1, 0.15) is 17.2 Å². The van der Waals surface area contributed by atoms with Gasteiger partial charge in [0.2, 0.25) is 5.91 Å². The number of fused-ring (bicyclic) bond motifs is 1. The molecule has 1 atom stereocenters. The second-order valence-corrected chi connectivity index (χ2v) is 8.78. The van der Waals surface area contributed by atoms with Gasteiger partial charge in [-0.15, -0.1) is 0 Å². The Balaban J connectivity index is 1.41. The lowest BCUT2D eigenvalue weighted by Gasteiger charge is -2.11. The number of carbonyl (C=O) groups is 1. The van der Waals surface area contributed by atoms with E-state index >= 15 is 0 Å². The number of aromatic amines is 1. The van der Waals surface area contributed by atoms with Gasteiger partial charge in [-0.1, -0.05) is 6.92 Å². The molecule has 1 unspecified atom stereocenters. The monoisotopic (exact) mass is 437 g/mol. The van der Waals surface area contributed by atoms with Crippen molar-refractivity contribution in [2.75, 3.05) is 25.5 Å². The zero-order valence-electron chi connectivity index (χ0n) is 18.3. The van der Waals surface area contributed by atoms with E-state index in [9.17, 15) is 14.4 Å². The summed E-state index contributed by atoms with van der Waals surface area (Å²) in [6, 6.07) is 3.72. The third-order valence-electron chi connectivity index (χ3n) is 6.20. The van der Waals surface area contributed by atoms with Crippen LogP contribution in [0.25, 0.3) is 22.6 Å². The minimum absolute atomic E-state index is 0.00349. The van der Waals surface area contributed by atoms with E-state index in [2.05, 4.69) is 20.3 Å². The average Bonchev–Trinajstić information content (AvgIpc) is 3.42. The lowest BCUT2D eigenvalue weighted by atomic mass is 10.1. The highest BCUT2D eigenvalue weighted by atomic mass is 16.2. The van der Waals surface area contributed by atoms with Crippen molar-refractivity contribution < 1.29 is 4.79 Å². The Hall–Kier alpha value is -3.43. The quantitative estimate of drug-likeness (QED) is 0.580. The normalized spacial score (nSPS) is 18.6. The zero-order chi connectivity index (χ0) is 22.4. The molecular weight excluding hydrogens is 410 g/mol. The third kappa shape index (κ3) is 3.59. The Kier molecular flexibility index (Phi) is 5.07. The first kappa shape index (κ1) is 20.5. The van der Waals surface area contributed by atoms with E-state index in [0.29, 0.717) is 42.3 Å². The van der Waals surface area contributed by atoms with E-state index in [0.717, 1.165) is 31.4 Å². The van der Waals surface area contributed by atoms with Crippen LogP contribution in [0, 0.1) is 5.92 Å². The highest BCUT2D eigenvalue weighted by Gasteiger charge is 2.30. The maximum atomic E-state index is 13.0. The smallest absolute Gasteiger partial charge is 0.333 e. The van der Waals surface area contributed by atoms with E-state index < -0.39 is 0 Å². The molecule has 168 valence electrons. The Bertz CT molecular complexity index is 1280. The average molecular weight is 438 g/mol. The van der Waals surface area contributed by atoms with Crippen LogP contribution in [-0.4, -0.2) is 55.0 Å². The molecule has 3 aromatic heterocycles. The summed E-state index contributed by atoms with van der Waals surface area (Å²) >= 11 is 0. The number of aryl methyl sites for hydroxylation is 1. The second-order valence-electron chi connectivity index (χ2n) is 8.78. The van der Waals surface area contributed by atoms with Crippen LogP contribution in [-0.2, 0) is 11.3 Å². The summed E-state index contributed by atoms with van der Waals surface area (Å²) in [5.41, 5.74) is 0.901. The number of imidazole rings is 1. The minimum Gasteiger partial charge on any atom is -0.370 e. The maximum absolute atomic E-state index is 13.0. The standard InChI is InChI=1S/C22H27N7O3/c1-3-8-28-20-18(21(31)29(22(28)32)15-5-6-15)25-19(26-20)14-4-7-16(24-11-14)23-10-13-9-17(30)27(2)12-13/h4,7,11,13,15H,3,5-6,8-10,12H2,1-2H3,(H,23,24)(H,25,26). The summed E-state index contributed by atoms with van der Waals surface area (Å²) in [5, 5.41) is 3.28. The summed E-state index contributed by atoms with van der Waals surface area (Å²) in [6.07, 6.45) is 4.73. The Morgan fingerprint density at radius 2 is 2.03 bits per heavy atom. The molecule has 3 aromatic rings. The molecule has 2 aliphatic rings. The molecule has 0 spiro atoms. The molecule has 10 heteroatoms. The zero-order valence-corrected chi connectivity index (χ0v) is 18.3. The Morgan fingerprint density at radius 1 is 1.22 bits per heavy atom. The number of hydrogen-bond acceptors (Lipinski definition) is 6. The van der Waals surface area contributed by atoms with Crippen LogP contribution < -0.4 is 16.6 Å². The number of hydrogen-bond donors (Lipinski definition) is 2. The van der Waals surface area contributed by atoms with Crippen molar-refractivity contribution in [2.45, 2.75) is 45.2 Å². The van der Waals surface area contributed by atoms with E-state index in [1.54, 1.807) is 15.7 Å². The fraction of sp³-hybridized carbons (Fsp3) is 0.500. The Morgan fingerprint density at radius 3 is 2.66 bits per heavy atom. The van der Waals surface area contributed by atoms with E-state index in [1.807, 2.05) is 26.1 Å². The van der Waals surface area contributed by atoms with Gasteiger partial charge < -0.3 is 15.2 Å². The van der Waals surface area contributed by atoms with Gasteiger partial charge in [0.05, 0.1) is 0 Å². The van der Waals surface area contributed by atoms with Crippen molar-refractivity contribution in [3.63, 3.8) is 0 Å². The van der Waals surface area contributed by atoms with Gasteiger partial charge in [0, 0.05) is 56.8 Å². The first-order valence-electron chi connectivity index (χ1n) is 11.2. The number of pyridine rings is 1. The third-order valence-corrected chi connectivity index (χ3v) is 6.20. The van der Waals surface area contributed by atoms with Gasteiger partial charge in [-0.05, 0) is 31.4 Å². The van der Waals surface area contributed by atoms with Crippen LogP contribution in [0.5, 0.6) is 0 Å². The first-order valence-corrected chi connectivity index (χ1v) is 11.2. The molecule has 1 amide bonds. The van der Waals surface area contributed by atoms with Gasteiger partial charge in [-0.2, -0.15) is 0 Å². The highest BCUT2D eigenvalue weighted by molar-refractivity contribution is 5.78. The summed E-state index contributed by atoms with van der Waals surface area (Å²) in [7, 11) is 1.82. The topological polar surface area (TPSA) is 118 Å². The molecule has 1 aliphatic carbocycles. The molecule has 1 saturated carbocycles. The predicted molar refractivity (Wildman–Crippen MR) is 121 cm³/mol. The molecular formula is C22H27N7O3. The molecule has 1 saturated heterocycles. The molecule has 5 rings (SSSR count). The minimum atomic E-state index is -0.305. The van der Waals surface area contributed by atoms with Gasteiger partial charge >= 0.3 is 5.69 Å². The molecule has 1 aliphatic heterocycles. The molecule has 10 nitrogen and oxygen atoms in total. The van der Waals surface area contributed by atoms with Crippen LogP contribution in [0.15, 0.2) is 27.9 Å². The number of carbonyl (C=O) groups excluding carboxylic acids is 1. The molecule has 0 aromatic carbocycles. The van der Waals surface area contributed by atoms with Gasteiger partial charge in [-0.3, -0.25) is 18.7 Å². The predicted octanol–water partition coefficient (Wildman–Crippen LogP) is 1.58. The number of anilines is 1. The largest absolute Gasteiger partial charge is 0.370 e. The lowest BCUT2D eigenvalue weighted by molar-refractivity contribution is -0.126. The number of H-pyrrole nitrogens is 1. The van der Waals surface area contributed by atoms with Crippen molar-refractivity contribution in [3.8, 4) is 11.4 Å². The molecule has 0 radical (unpaired) electrons. The van der Waals surface area contributed by atoms with E-state index in [-0.39, 0.29) is 29.1 Å². The summed E-state index contributed by atoms with van der Waals surface area (Å²) in [6.45, 7) is 3.93. The number of rotatable bonds is 7. The lowest BCUT2D eigenvalue weighted by Crippen LogP contribution is -2.39. The van der Waals surface area contributed by atoms with Crippen molar-refractivity contribution in [3.05, 3.63) is 39.2 Å². The SMILES string of the molecule is CCCn1c(=O)n(C2CC2)c(=O)c2[nH]c(-c3ccc(NCC4CC(=O)N(C)C4)nc3)nc21. The molecule has 2 fully saturated rings. The summed E-state index contributed by atoms with van der Waals surface area (Å²) in [4.78, 5) is 51.5. The number of nitrogens with zero attached hydrogens (tertiary/aromatic N) is 5. The van der Waals surface area contributed by atoms with Crippen LogP contribution in [0.4, 0.5) is 5.82 Å². The summed E-state index contributed by atoms with van der Waals surface area (Å²) < 4.78 is 2.97. The van der Waals surface area contributed by atoms with Crippen LogP contribution in [0.1, 0.15) is 38.6 Å². The van der Waals surface area contributed by atoms with E-state index in [4.69, 9.17) is 0 Å². The van der Waals surface area contributed by atoms with Gasteiger partial charge in [-0.25, -0.2) is 14.8 Å². The molecule has 32 heavy (non-hydrogen) atoms. The van der Waals surface area contributed by atoms with Crippen LogP contribution >= 0.6 is 0 Å². The fourth-order valence-electron chi connectivity index (χ4n) is 4.33.